The molecule has 1 aromatic heterocycles. The molecule has 2 aromatic rings. The molecule has 2 N–H and O–H groups in total. The molecule has 128 valence electrons. The van der Waals surface area contributed by atoms with Crippen molar-refractivity contribution in [1.29, 1.82) is 0 Å². The minimum atomic E-state index is -0.206. The first-order valence-electron chi connectivity index (χ1n) is 8.48. The lowest BCUT2D eigenvalue weighted by Crippen LogP contribution is -2.33. The summed E-state index contributed by atoms with van der Waals surface area (Å²) in [4.78, 5) is 14.8. The number of carbonyl (C=O) groups is 1. The Morgan fingerprint density at radius 3 is 2.46 bits per heavy atom. The van der Waals surface area contributed by atoms with Gasteiger partial charge in [0.05, 0.1) is 16.9 Å². The summed E-state index contributed by atoms with van der Waals surface area (Å²) in [6, 6.07) is 8.23. The predicted octanol–water partition coefficient (Wildman–Crippen LogP) is 2.65. The number of rotatable bonds is 2. The quantitative estimate of drug-likeness (QED) is 0.923. The predicted molar refractivity (Wildman–Crippen MR) is 95.5 cm³/mol. The van der Waals surface area contributed by atoms with E-state index in [2.05, 4.69) is 39.8 Å². The van der Waals surface area contributed by atoms with Crippen molar-refractivity contribution in [2.24, 2.45) is 5.73 Å². The number of aryl methyl sites for hydroxylation is 1. The Morgan fingerprint density at radius 1 is 1.25 bits per heavy atom. The molecule has 1 aliphatic heterocycles. The van der Waals surface area contributed by atoms with E-state index >= 15 is 0 Å². The van der Waals surface area contributed by atoms with Crippen LogP contribution < -0.4 is 5.73 Å². The van der Waals surface area contributed by atoms with E-state index in [4.69, 9.17) is 10.8 Å². The van der Waals surface area contributed by atoms with Gasteiger partial charge in [0.1, 0.15) is 0 Å². The van der Waals surface area contributed by atoms with Crippen molar-refractivity contribution in [3.63, 3.8) is 0 Å². The average Bonchev–Trinajstić information content (AvgIpc) is 3.13. The highest BCUT2D eigenvalue weighted by molar-refractivity contribution is 5.95. The number of benzene rings is 1. The van der Waals surface area contributed by atoms with Gasteiger partial charge in [-0.05, 0) is 25.5 Å². The summed E-state index contributed by atoms with van der Waals surface area (Å²) in [5.74, 6) is 0.0336. The Kier molecular flexibility index (Phi) is 4.22. The van der Waals surface area contributed by atoms with Crippen LogP contribution in [0.4, 0.5) is 0 Å². The summed E-state index contributed by atoms with van der Waals surface area (Å²) in [6.07, 6.45) is 2.72. The van der Waals surface area contributed by atoms with E-state index in [1.807, 2.05) is 27.9 Å². The fourth-order valence-corrected chi connectivity index (χ4v) is 3.06. The lowest BCUT2D eigenvalue weighted by molar-refractivity contribution is 0.0788. The Morgan fingerprint density at radius 2 is 1.92 bits per heavy atom. The van der Waals surface area contributed by atoms with Crippen molar-refractivity contribution in [3.05, 3.63) is 47.3 Å². The van der Waals surface area contributed by atoms with E-state index in [1.165, 1.54) is 5.56 Å². The summed E-state index contributed by atoms with van der Waals surface area (Å²) in [5.41, 5.74) is 9.42. The van der Waals surface area contributed by atoms with Crippen LogP contribution >= 0.6 is 0 Å². The highest BCUT2D eigenvalue weighted by Crippen LogP contribution is 2.27. The van der Waals surface area contributed by atoms with E-state index in [1.54, 1.807) is 0 Å². The molecular formula is C19H26N4O. The molecule has 0 bridgehead atoms. The van der Waals surface area contributed by atoms with Gasteiger partial charge in [-0.25, -0.2) is 4.68 Å². The highest BCUT2D eigenvalue weighted by Gasteiger charge is 2.31. The summed E-state index contributed by atoms with van der Waals surface area (Å²) in [6.45, 7) is 9.65. The molecule has 24 heavy (non-hydrogen) atoms. The molecular weight excluding hydrogens is 300 g/mol. The second kappa shape index (κ2) is 6.06. The van der Waals surface area contributed by atoms with Gasteiger partial charge in [0, 0.05) is 30.7 Å². The number of amides is 1. The zero-order chi connectivity index (χ0) is 17.5. The van der Waals surface area contributed by atoms with Crippen LogP contribution in [0.15, 0.2) is 30.5 Å². The number of likely N-dealkylation sites (tertiary alicyclic amines) is 1. The topological polar surface area (TPSA) is 64.2 Å². The van der Waals surface area contributed by atoms with Crippen molar-refractivity contribution in [3.8, 4) is 5.69 Å². The van der Waals surface area contributed by atoms with Gasteiger partial charge in [0.2, 0.25) is 0 Å². The van der Waals surface area contributed by atoms with E-state index in [-0.39, 0.29) is 17.4 Å². The molecule has 5 heteroatoms. The average molecular weight is 326 g/mol. The van der Waals surface area contributed by atoms with Crippen LogP contribution in [0.1, 0.15) is 48.8 Å². The molecule has 0 radical (unpaired) electrons. The smallest absolute Gasteiger partial charge is 0.257 e. The van der Waals surface area contributed by atoms with Crippen LogP contribution in [0.25, 0.3) is 5.69 Å². The van der Waals surface area contributed by atoms with Gasteiger partial charge in [0.25, 0.3) is 5.91 Å². The van der Waals surface area contributed by atoms with Crippen molar-refractivity contribution >= 4 is 5.91 Å². The van der Waals surface area contributed by atoms with Crippen LogP contribution in [-0.2, 0) is 5.41 Å². The maximum atomic E-state index is 13.0. The molecule has 1 atom stereocenters. The van der Waals surface area contributed by atoms with E-state index in [9.17, 15) is 4.79 Å². The molecule has 0 unspecified atom stereocenters. The zero-order valence-electron chi connectivity index (χ0n) is 14.9. The highest BCUT2D eigenvalue weighted by atomic mass is 16.2. The molecule has 1 amide bonds. The fourth-order valence-electron chi connectivity index (χ4n) is 3.06. The first-order valence-corrected chi connectivity index (χ1v) is 8.48. The van der Waals surface area contributed by atoms with E-state index < -0.39 is 0 Å². The van der Waals surface area contributed by atoms with Crippen molar-refractivity contribution < 1.29 is 4.79 Å². The van der Waals surface area contributed by atoms with Gasteiger partial charge in [-0.2, -0.15) is 5.10 Å². The van der Waals surface area contributed by atoms with Crippen LogP contribution in [0.3, 0.4) is 0 Å². The Hall–Kier alpha value is -2.14. The summed E-state index contributed by atoms with van der Waals surface area (Å²) in [5, 5.41) is 4.73. The Balaban J connectivity index is 2.01. The lowest BCUT2D eigenvalue weighted by Gasteiger charge is -2.20. The van der Waals surface area contributed by atoms with Crippen molar-refractivity contribution in [1.82, 2.24) is 14.7 Å². The van der Waals surface area contributed by atoms with Gasteiger partial charge in [-0.1, -0.05) is 38.5 Å². The first kappa shape index (κ1) is 16.7. The third kappa shape index (κ3) is 3.22. The molecule has 0 saturated carbocycles. The van der Waals surface area contributed by atoms with Gasteiger partial charge in [0.15, 0.2) is 0 Å². The van der Waals surface area contributed by atoms with Crippen LogP contribution in [0, 0.1) is 6.92 Å². The molecule has 3 rings (SSSR count). The van der Waals surface area contributed by atoms with Crippen molar-refractivity contribution in [2.45, 2.75) is 45.6 Å². The molecule has 1 aliphatic rings. The Bertz CT molecular complexity index is 740. The normalized spacial score (nSPS) is 18.2. The maximum Gasteiger partial charge on any atom is 0.257 e. The molecule has 2 heterocycles. The SMILES string of the molecule is Cc1ccc(-n2cc(C(=O)N3CC[C@@H](N)C3)c(C(C)(C)C)n2)cc1. The monoisotopic (exact) mass is 326 g/mol. The molecule has 0 aliphatic carbocycles. The number of carbonyl (C=O) groups excluding carboxylic acids is 1. The maximum absolute atomic E-state index is 13.0. The molecule has 0 spiro atoms. The van der Waals surface area contributed by atoms with E-state index in [0.29, 0.717) is 12.1 Å². The number of aromatic nitrogens is 2. The van der Waals surface area contributed by atoms with Crippen LogP contribution in [0.2, 0.25) is 0 Å². The number of hydrogen-bond donors (Lipinski definition) is 1. The molecule has 1 saturated heterocycles. The number of nitrogens with two attached hydrogens (primary N) is 1. The van der Waals surface area contributed by atoms with Crippen LogP contribution in [-0.4, -0.2) is 39.7 Å². The lowest BCUT2D eigenvalue weighted by atomic mass is 9.89. The molecule has 1 aromatic carbocycles. The second-order valence-corrected chi connectivity index (χ2v) is 7.72. The summed E-state index contributed by atoms with van der Waals surface area (Å²) in [7, 11) is 0. The Labute approximate surface area is 143 Å². The van der Waals surface area contributed by atoms with Gasteiger partial charge < -0.3 is 10.6 Å². The minimum Gasteiger partial charge on any atom is -0.337 e. The standard InChI is InChI=1S/C19H26N4O/c1-13-5-7-15(8-6-13)23-12-16(17(21-23)19(2,3)4)18(24)22-10-9-14(20)11-22/h5-8,12,14H,9-11,20H2,1-4H3/t14-/m1/s1. The van der Waals surface area contributed by atoms with Gasteiger partial charge >= 0.3 is 0 Å². The summed E-state index contributed by atoms with van der Waals surface area (Å²) < 4.78 is 1.81. The molecule has 1 fully saturated rings. The fraction of sp³-hybridized carbons (Fsp3) is 0.474. The van der Waals surface area contributed by atoms with Gasteiger partial charge in [-0.15, -0.1) is 0 Å². The van der Waals surface area contributed by atoms with Crippen LogP contribution in [0.5, 0.6) is 0 Å². The van der Waals surface area contributed by atoms with E-state index in [0.717, 1.165) is 24.3 Å². The third-order valence-electron chi connectivity index (χ3n) is 4.47. The minimum absolute atomic E-state index is 0.0336. The first-order chi connectivity index (χ1) is 11.3. The van der Waals surface area contributed by atoms with Crippen molar-refractivity contribution in [2.75, 3.05) is 13.1 Å². The number of nitrogens with zero attached hydrogens (tertiary/aromatic N) is 3. The largest absolute Gasteiger partial charge is 0.337 e. The molecule has 5 nitrogen and oxygen atoms in total. The van der Waals surface area contributed by atoms with Gasteiger partial charge in [-0.3, -0.25) is 4.79 Å². The third-order valence-corrected chi connectivity index (χ3v) is 4.47. The zero-order valence-corrected chi connectivity index (χ0v) is 14.9. The number of hydrogen-bond acceptors (Lipinski definition) is 3. The summed E-state index contributed by atoms with van der Waals surface area (Å²) >= 11 is 0. The second-order valence-electron chi connectivity index (χ2n) is 7.72.